The molecule has 2 heterocycles. The maximum Gasteiger partial charge on any atom is 0.311 e. The highest BCUT2D eigenvalue weighted by Gasteiger charge is 2.25. The highest BCUT2D eigenvalue weighted by Crippen LogP contribution is 2.02. The fourth-order valence-corrected chi connectivity index (χ4v) is 2.07. The molecule has 0 atom stereocenters. The molecule has 0 saturated carbocycles. The van der Waals surface area contributed by atoms with Gasteiger partial charge in [-0.1, -0.05) is 6.92 Å². The quantitative estimate of drug-likeness (QED) is 0.785. The molecular weight excluding hydrogens is 246 g/mol. The van der Waals surface area contributed by atoms with Gasteiger partial charge in [-0.2, -0.15) is 0 Å². The number of nitrogens with one attached hydrogen (secondary N) is 1. The van der Waals surface area contributed by atoms with E-state index in [0.717, 1.165) is 19.6 Å². The summed E-state index contributed by atoms with van der Waals surface area (Å²) in [7, 11) is 0. The standard InChI is InChI=1S/C13H19N3O3/c1-2-15-5-7-16(8-6-15)13(18)12(17)14-10-11-4-3-9-19-11/h3-4,9H,2,5-8,10H2,1H3,(H,14,17). The van der Waals surface area contributed by atoms with Crippen LogP contribution in [0.25, 0.3) is 0 Å². The van der Waals surface area contributed by atoms with E-state index >= 15 is 0 Å². The normalized spacial score (nSPS) is 16.4. The molecule has 104 valence electrons. The molecule has 1 aliphatic rings. The van der Waals surface area contributed by atoms with Gasteiger partial charge in [-0.05, 0) is 18.7 Å². The Morgan fingerprint density at radius 3 is 2.63 bits per heavy atom. The molecule has 0 unspecified atom stereocenters. The Morgan fingerprint density at radius 2 is 2.05 bits per heavy atom. The van der Waals surface area contributed by atoms with Crippen molar-refractivity contribution in [1.29, 1.82) is 0 Å². The van der Waals surface area contributed by atoms with Crippen molar-refractivity contribution in [3.05, 3.63) is 24.2 Å². The number of nitrogens with zero attached hydrogens (tertiary/aromatic N) is 2. The van der Waals surface area contributed by atoms with Crippen LogP contribution in [-0.2, 0) is 16.1 Å². The van der Waals surface area contributed by atoms with Crippen LogP contribution in [0.1, 0.15) is 12.7 Å². The Bertz CT molecular complexity index is 422. The van der Waals surface area contributed by atoms with Crippen LogP contribution in [0.5, 0.6) is 0 Å². The minimum absolute atomic E-state index is 0.243. The number of hydrogen-bond donors (Lipinski definition) is 1. The van der Waals surface area contributed by atoms with E-state index in [1.807, 2.05) is 0 Å². The number of rotatable bonds is 3. The minimum atomic E-state index is -0.568. The summed E-state index contributed by atoms with van der Waals surface area (Å²) in [6, 6.07) is 3.50. The average molecular weight is 265 g/mol. The summed E-state index contributed by atoms with van der Waals surface area (Å²) in [5.41, 5.74) is 0. The molecule has 1 fully saturated rings. The summed E-state index contributed by atoms with van der Waals surface area (Å²) in [5, 5.41) is 2.57. The topological polar surface area (TPSA) is 65.8 Å². The molecule has 19 heavy (non-hydrogen) atoms. The first kappa shape index (κ1) is 13.6. The number of carbonyl (C=O) groups is 2. The average Bonchev–Trinajstić information content (AvgIpc) is 2.97. The van der Waals surface area contributed by atoms with Crippen molar-refractivity contribution < 1.29 is 14.0 Å². The van der Waals surface area contributed by atoms with Crippen LogP contribution in [0.2, 0.25) is 0 Å². The van der Waals surface area contributed by atoms with E-state index in [9.17, 15) is 9.59 Å². The summed E-state index contributed by atoms with van der Waals surface area (Å²) in [4.78, 5) is 27.5. The smallest absolute Gasteiger partial charge is 0.311 e. The Kier molecular flexibility index (Phi) is 4.57. The van der Waals surface area contributed by atoms with Crippen molar-refractivity contribution >= 4 is 11.8 Å². The summed E-state index contributed by atoms with van der Waals surface area (Å²) >= 11 is 0. The number of amides is 2. The second-order valence-electron chi connectivity index (χ2n) is 4.49. The third-order valence-corrected chi connectivity index (χ3v) is 3.30. The van der Waals surface area contributed by atoms with Crippen LogP contribution < -0.4 is 5.32 Å². The van der Waals surface area contributed by atoms with E-state index in [4.69, 9.17) is 4.42 Å². The number of carbonyl (C=O) groups excluding carboxylic acids is 2. The van der Waals surface area contributed by atoms with Gasteiger partial charge in [0.1, 0.15) is 5.76 Å². The van der Waals surface area contributed by atoms with Crippen molar-refractivity contribution in [3.8, 4) is 0 Å². The monoisotopic (exact) mass is 265 g/mol. The van der Waals surface area contributed by atoms with Crippen molar-refractivity contribution in [2.45, 2.75) is 13.5 Å². The highest BCUT2D eigenvalue weighted by molar-refractivity contribution is 6.34. The molecule has 0 aromatic carbocycles. The number of hydrogen-bond acceptors (Lipinski definition) is 4. The molecule has 6 nitrogen and oxygen atoms in total. The zero-order valence-electron chi connectivity index (χ0n) is 11.1. The van der Waals surface area contributed by atoms with E-state index in [0.29, 0.717) is 18.8 Å². The number of likely N-dealkylation sites (N-methyl/N-ethyl adjacent to an activating group) is 1. The second kappa shape index (κ2) is 6.38. The molecule has 0 aliphatic carbocycles. The largest absolute Gasteiger partial charge is 0.467 e. The lowest BCUT2D eigenvalue weighted by Gasteiger charge is -2.33. The Labute approximate surface area is 112 Å². The molecule has 1 aromatic rings. The molecule has 1 aromatic heterocycles. The van der Waals surface area contributed by atoms with Gasteiger partial charge >= 0.3 is 11.8 Å². The molecule has 1 aliphatic heterocycles. The molecule has 2 rings (SSSR count). The first-order valence-corrected chi connectivity index (χ1v) is 6.52. The zero-order chi connectivity index (χ0) is 13.7. The lowest BCUT2D eigenvalue weighted by atomic mass is 10.3. The first-order valence-electron chi connectivity index (χ1n) is 6.52. The summed E-state index contributed by atoms with van der Waals surface area (Å²) in [5.74, 6) is -0.388. The lowest BCUT2D eigenvalue weighted by Crippen LogP contribution is -2.52. The molecule has 1 N–H and O–H groups in total. The van der Waals surface area contributed by atoms with Crippen LogP contribution in [0.3, 0.4) is 0 Å². The minimum Gasteiger partial charge on any atom is -0.467 e. The van der Waals surface area contributed by atoms with Crippen molar-refractivity contribution in [2.75, 3.05) is 32.7 Å². The summed E-state index contributed by atoms with van der Waals surface area (Å²) in [6.07, 6.45) is 1.54. The van der Waals surface area contributed by atoms with Crippen LogP contribution in [-0.4, -0.2) is 54.3 Å². The summed E-state index contributed by atoms with van der Waals surface area (Å²) < 4.78 is 5.09. The van der Waals surface area contributed by atoms with E-state index in [-0.39, 0.29) is 6.54 Å². The van der Waals surface area contributed by atoms with Gasteiger partial charge in [-0.15, -0.1) is 0 Å². The van der Waals surface area contributed by atoms with E-state index in [1.54, 1.807) is 17.0 Å². The Hall–Kier alpha value is -1.82. The zero-order valence-corrected chi connectivity index (χ0v) is 11.1. The second-order valence-corrected chi connectivity index (χ2v) is 4.49. The molecule has 0 radical (unpaired) electrons. The van der Waals surface area contributed by atoms with Crippen LogP contribution in [0.4, 0.5) is 0 Å². The van der Waals surface area contributed by atoms with Gasteiger partial charge in [0.05, 0.1) is 12.8 Å². The third kappa shape index (κ3) is 3.57. The highest BCUT2D eigenvalue weighted by atomic mass is 16.3. The lowest BCUT2D eigenvalue weighted by molar-refractivity contribution is -0.147. The van der Waals surface area contributed by atoms with Crippen molar-refractivity contribution in [3.63, 3.8) is 0 Å². The van der Waals surface area contributed by atoms with Gasteiger partial charge in [0.2, 0.25) is 0 Å². The summed E-state index contributed by atoms with van der Waals surface area (Å²) in [6.45, 7) is 6.19. The van der Waals surface area contributed by atoms with Crippen molar-refractivity contribution in [1.82, 2.24) is 15.1 Å². The molecule has 1 saturated heterocycles. The molecular formula is C13H19N3O3. The number of piperazine rings is 1. The van der Waals surface area contributed by atoms with Gasteiger partial charge < -0.3 is 19.5 Å². The fraction of sp³-hybridized carbons (Fsp3) is 0.538. The van der Waals surface area contributed by atoms with Gasteiger partial charge in [-0.25, -0.2) is 0 Å². The molecule has 0 spiro atoms. The maximum absolute atomic E-state index is 11.9. The number of furan rings is 1. The molecule has 2 amide bonds. The van der Waals surface area contributed by atoms with Crippen LogP contribution in [0.15, 0.2) is 22.8 Å². The van der Waals surface area contributed by atoms with Crippen LogP contribution >= 0.6 is 0 Å². The molecule has 6 heteroatoms. The van der Waals surface area contributed by atoms with Crippen molar-refractivity contribution in [2.24, 2.45) is 0 Å². The van der Waals surface area contributed by atoms with Gasteiger partial charge in [0.15, 0.2) is 0 Å². The Balaban J connectivity index is 1.78. The SMILES string of the molecule is CCN1CCN(C(=O)C(=O)NCc2ccco2)CC1. The van der Waals surface area contributed by atoms with Gasteiger partial charge in [0.25, 0.3) is 0 Å². The first-order chi connectivity index (χ1) is 9.20. The van der Waals surface area contributed by atoms with E-state index in [2.05, 4.69) is 17.1 Å². The van der Waals surface area contributed by atoms with Gasteiger partial charge in [-0.3, -0.25) is 9.59 Å². The predicted molar refractivity (Wildman–Crippen MR) is 69.2 cm³/mol. The third-order valence-electron chi connectivity index (χ3n) is 3.30. The van der Waals surface area contributed by atoms with Crippen LogP contribution in [0, 0.1) is 0 Å². The maximum atomic E-state index is 11.9. The predicted octanol–water partition coefficient (Wildman–Crippen LogP) is 0.0599. The van der Waals surface area contributed by atoms with E-state index in [1.165, 1.54) is 6.26 Å². The fourth-order valence-electron chi connectivity index (χ4n) is 2.07. The Morgan fingerprint density at radius 1 is 1.32 bits per heavy atom. The van der Waals surface area contributed by atoms with Gasteiger partial charge in [0, 0.05) is 26.2 Å². The molecule has 0 bridgehead atoms. The van der Waals surface area contributed by atoms with E-state index < -0.39 is 11.8 Å².